The van der Waals surface area contributed by atoms with Crippen molar-refractivity contribution in [3.05, 3.63) is 32.7 Å². The van der Waals surface area contributed by atoms with Gasteiger partial charge in [0.15, 0.2) is 0 Å². The molecule has 0 aromatic carbocycles. The number of likely N-dealkylation sites (N-methyl/N-ethyl adjacent to an activating group) is 1. The highest BCUT2D eigenvalue weighted by molar-refractivity contribution is 9.10. The van der Waals surface area contributed by atoms with Gasteiger partial charge in [-0.1, -0.05) is 0 Å². The fourth-order valence-electron chi connectivity index (χ4n) is 2.95. The zero-order valence-corrected chi connectivity index (χ0v) is 11.1. The summed E-state index contributed by atoms with van der Waals surface area (Å²) in [6, 6.07) is 3.64. The quantitative estimate of drug-likeness (QED) is 0.722. The Kier molecular flexibility index (Phi) is 2.40. The molecule has 3 rings (SSSR count). The Morgan fingerprint density at radius 3 is 2.82 bits per heavy atom. The number of piperidine rings is 1. The van der Waals surface area contributed by atoms with Crippen molar-refractivity contribution in [1.82, 2.24) is 9.47 Å². The molecule has 2 atom stereocenters. The first-order valence-electron chi connectivity index (χ1n) is 5.72. The second-order valence-electron chi connectivity index (χ2n) is 4.89. The smallest absolute Gasteiger partial charge is 0.265 e. The Hall–Kier alpha value is -1.10. The van der Waals surface area contributed by atoms with Crippen molar-refractivity contribution in [2.75, 3.05) is 13.6 Å². The molecule has 0 aliphatic carbocycles. The highest BCUT2D eigenvalue weighted by Crippen LogP contribution is 2.35. The van der Waals surface area contributed by atoms with Crippen LogP contribution in [0.3, 0.4) is 0 Å². The van der Waals surface area contributed by atoms with Crippen LogP contribution in [-0.2, 0) is 11.3 Å². The Morgan fingerprint density at radius 2 is 2.06 bits per heavy atom. The van der Waals surface area contributed by atoms with Crippen molar-refractivity contribution in [2.45, 2.75) is 18.9 Å². The summed E-state index contributed by atoms with van der Waals surface area (Å²) in [7, 11) is 1.84. The molecule has 4 nitrogen and oxygen atoms in total. The number of nitrogens with zero attached hydrogens (tertiary/aromatic N) is 2. The van der Waals surface area contributed by atoms with E-state index in [2.05, 4.69) is 15.9 Å². The topological polar surface area (TPSA) is 42.3 Å². The molecule has 1 saturated heterocycles. The molecule has 2 bridgehead atoms. The number of aromatic nitrogens is 1. The Bertz CT molecular complexity index is 552. The SMILES string of the molecule is CN1C[C@@H]2C[C@H](C1=O)c1ccc(Br)c(=O)n1C2. The van der Waals surface area contributed by atoms with E-state index in [0.717, 1.165) is 25.2 Å². The van der Waals surface area contributed by atoms with E-state index in [9.17, 15) is 9.59 Å². The lowest BCUT2D eigenvalue weighted by atomic mass is 9.83. The minimum Gasteiger partial charge on any atom is -0.345 e. The summed E-state index contributed by atoms with van der Waals surface area (Å²) in [6.45, 7) is 1.48. The van der Waals surface area contributed by atoms with Gasteiger partial charge in [0.2, 0.25) is 5.91 Å². The lowest BCUT2D eigenvalue weighted by molar-refractivity contribution is -0.136. The third kappa shape index (κ3) is 1.56. The molecule has 3 heterocycles. The van der Waals surface area contributed by atoms with Crippen LogP contribution in [0, 0.1) is 5.92 Å². The van der Waals surface area contributed by atoms with Crippen LogP contribution in [-0.4, -0.2) is 29.0 Å². The Morgan fingerprint density at radius 1 is 1.29 bits per heavy atom. The molecule has 1 amide bonds. The number of amides is 1. The number of rotatable bonds is 0. The van der Waals surface area contributed by atoms with Crippen LogP contribution in [0.5, 0.6) is 0 Å². The van der Waals surface area contributed by atoms with Crippen LogP contribution in [0.4, 0.5) is 0 Å². The maximum atomic E-state index is 12.1. The van der Waals surface area contributed by atoms with E-state index in [0.29, 0.717) is 10.4 Å². The van der Waals surface area contributed by atoms with Crippen LogP contribution >= 0.6 is 15.9 Å². The number of hydrogen-bond acceptors (Lipinski definition) is 2. The average Bonchev–Trinajstić information content (AvgIpc) is 2.31. The largest absolute Gasteiger partial charge is 0.345 e. The maximum Gasteiger partial charge on any atom is 0.265 e. The summed E-state index contributed by atoms with van der Waals surface area (Å²) in [5.41, 5.74) is 0.848. The van der Waals surface area contributed by atoms with E-state index in [4.69, 9.17) is 0 Å². The predicted octanol–water partition coefficient (Wildman–Crippen LogP) is 1.19. The van der Waals surface area contributed by atoms with Gasteiger partial charge in [-0.05, 0) is 40.4 Å². The van der Waals surface area contributed by atoms with Crippen LogP contribution in [0.1, 0.15) is 18.0 Å². The zero-order valence-electron chi connectivity index (χ0n) is 9.52. The zero-order chi connectivity index (χ0) is 12.2. The monoisotopic (exact) mass is 296 g/mol. The van der Waals surface area contributed by atoms with Gasteiger partial charge in [-0.2, -0.15) is 0 Å². The number of hydrogen-bond donors (Lipinski definition) is 0. The molecule has 0 N–H and O–H groups in total. The summed E-state index contributed by atoms with van der Waals surface area (Å²) in [4.78, 5) is 25.9. The number of carbonyl (C=O) groups excluding carboxylic acids is 1. The van der Waals surface area contributed by atoms with Crippen molar-refractivity contribution < 1.29 is 4.79 Å². The second-order valence-corrected chi connectivity index (χ2v) is 5.75. The second kappa shape index (κ2) is 3.70. The molecule has 0 radical (unpaired) electrons. The standard InChI is InChI=1S/C12H13BrN2O2/c1-14-5-7-4-8(11(14)16)10-3-2-9(13)12(17)15(10)6-7/h2-3,7-8H,4-6H2,1H3/t7-,8-/m0/s1. The number of pyridine rings is 1. The molecular weight excluding hydrogens is 284 g/mol. The van der Waals surface area contributed by atoms with E-state index in [1.807, 2.05) is 13.1 Å². The van der Waals surface area contributed by atoms with E-state index >= 15 is 0 Å². The molecule has 0 spiro atoms. The fourth-order valence-corrected chi connectivity index (χ4v) is 3.29. The van der Waals surface area contributed by atoms with Gasteiger partial charge in [0.25, 0.3) is 5.56 Å². The molecule has 2 aliphatic heterocycles. The van der Waals surface area contributed by atoms with Crippen molar-refractivity contribution in [3.63, 3.8) is 0 Å². The summed E-state index contributed by atoms with van der Waals surface area (Å²) < 4.78 is 2.33. The van der Waals surface area contributed by atoms with E-state index < -0.39 is 0 Å². The summed E-state index contributed by atoms with van der Waals surface area (Å²) >= 11 is 3.25. The molecule has 1 fully saturated rings. The van der Waals surface area contributed by atoms with Gasteiger partial charge in [-0.3, -0.25) is 9.59 Å². The first-order valence-corrected chi connectivity index (χ1v) is 6.51. The molecule has 2 aliphatic rings. The van der Waals surface area contributed by atoms with Crippen LogP contribution < -0.4 is 5.56 Å². The predicted molar refractivity (Wildman–Crippen MR) is 66.9 cm³/mol. The fraction of sp³-hybridized carbons (Fsp3) is 0.500. The minimum atomic E-state index is -0.131. The molecular formula is C12H13BrN2O2. The molecule has 0 unspecified atom stereocenters. The van der Waals surface area contributed by atoms with Gasteiger partial charge in [0.1, 0.15) is 0 Å². The minimum absolute atomic E-state index is 0.0189. The third-order valence-electron chi connectivity index (χ3n) is 3.73. The van der Waals surface area contributed by atoms with Gasteiger partial charge in [0, 0.05) is 25.8 Å². The van der Waals surface area contributed by atoms with Gasteiger partial charge >= 0.3 is 0 Å². The lowest BCUT2D eigenvalue weighted by Crippen LogP contribution is -2.48. The molecule has 90 valence electrons. The van der Waals surface area contributed by atoms with E-state index in [1.54, 1.807) is 15.5 Å². The molecule has 0 saturated carbocycles. The number of fused-ring (bicyclic) bond motifs is 4. The molecule has 1 aromatic rings. The summed E-state index contributed by atoms with van der Waals surface area (Å²) in [5, 5.41) is 0. The highest BCUT2D eigenvalue weighted by Gasteiger charge is 2.39. The average molecular weight is 297 g/mol. The summed E-state index contributed by atoms with van der Waals surface area (Å²) in [5.74, 6) is 0.409. The van der Waals surface area contributed by atoms with Crippen molar-refractivity contribution in [1.29, 1.82) is 0 Å². The van der Waals surface area contributed by atoms with Crippen molar-refractivity contribution in [3.8, 4) is 0 Å². The van der Waals surface area contributed by atoms with Crippen molar-refractivity contribution in [2.24, 2.45) is 5.92 Å². The van der Waals surface area contributed by atoms with E-state index in [-0.39, 0.29) is 17.4 Å². The molecule has 17 heavy (non-hydrogen) atoms. The highest BCUT2D eigenvalue weighted by atomic mass is 79.9. The first kappa shape index (κ1) is 11.0. The van der Waals surface area contributed by atoms with Gasteiger partial charge in [0.05, 0.1) is 10.4 Å². The van der Waals surface area contributed by atoms with Crippen LogP contribution in [0.25, 0.3) is 0 Å². The third-order valence-corrected chi connectivity index (χ3v) is 4.34. The number of likely N-dealkylation sites (tertiary alicyclic amines) is 1. The summed E-state index contributed by atoms with van der Waals surface area (Å²) in [6.07, 6.45) is 0.879. The Balaban J connectivity index is 2.18. The van der Waals surface area contributed by atoms with E-state index in [1.165, 1.54) is 0 Å². The van der Waals surface area contributed by atoms with Gasteiger partial charge in [-0.25, -0.2) is 0 Å². The normalized spacial score (nSPS) is 26.9. The Labute approximate surface area is 107 Å². The molecule has 5 heteroatoms. The van der Waals surface area contributed by atoms with Gasteiger partial charge in [-0.15, -0.1) is 0 Å². The molecule has 1 aromatic heterocycles. The number of halogens is 1. The maximum absolute atomic E-state index is 12.1. The van der Waals surface area contributed by atoms with Gasteiger partial charge < -0.3 is 9.47 Å². The number of carbonyl (C=O) groups is 1. The first-order chi connectivity index (χ1) is 8.08. The lowest BCUT2D eigenvalue weighted by Gasteiger charge is -2.40. The van der Waals surface area contributed by atoms with Crippen LogP contribution in [0.15, 0.2) is 21.4 Å². The van der Waals surface area contributed by atoms with Crippen molar-refractivity contribution >= 4 is 21.8 Å². The van der Waals surface area contributed by atoms with Crippen LogP contribution in [0.2, 0.25) is 0 Å².